The lowest BCUT2D eigenvalue weighted by Crippen LogP contribution is -2.43. The fourth-order valence-electron chi connectivity index (χ4n) is 0.777. The van der Waals surface area contributed by atoms with Crippen molar-refractivity contribution in [3.05, 3.63) is 0 Å². The molecule has 0 aromatic rings. The molecule has 0 bridgehead atoms. The van der Waals surface area contributed by atoms with Crippen LogP contribution in [-0.4, -0.2) is 39.2 Å². The number of rotatable bonds is 7. The Morgan fingerprint density at radius 1 is 1.25 bits per heavy atom. The van der Waals surface area contributed by atoms with E-state index >= 15 is 0 Å². The van der Waals surface area contributed by atoms with Crippen LogP contribution in [0.1, 0.15) is 20.3 Å². The van der Waals surface area contributed by atoms with E-state index in [0.717, 1.165) is 18.2 Å². The van der Waals surface area contributed by atoms with Crippen LogP contribution in [0.25, 0.3) is 0 Å². The van der Waals surface area contributed by atoms with Crippen molar-refractivity contribution in [1.82, 2.24) is 5.32 Å². The Bertz CT molecular complexity index is 281. The highest BCUT2D eigenvalue weighted by atomic mass is 32.2. The number of amides is 1. The van der Waals surface area contributed by atoms with E-state index in [1.54, 1.807) is 0 Å². The van der Waals surface area contributed by atoms with Gasteiger partial charge in [0, 0.05) is 0 Å². The van der Waals surface area contributed by atoms with E-state index in [1.165, 1.54) is 6.92 Å². The van der Waals surface area contributed by atoms with Gasteiger partial charge < -0.3 is 15.5 Å². The van der Waals surface area contributed by atoms with Crippen LogP contribution in [0.5, 0.6) is 0 Å². The lowest BCUT2D eigenvalue weighted by Gasteiger charge is -2.15. The third kappa shape index (κ3) is 5.01. The SMILES string of the molecule is CCCSC(NC(=O)C(C)C(=O)O)C(=O)O. The molecule has 0 aromatic carbocycles. The van der Waals surface area contributed by atoms with E-state index < -0.39 is 29.1 Å². The van der Waals surface area contributed by atoms with Gasteiger partial charge in [-0.15, -0.1) is 11.8 Å². The Morgan fingerprint density at radius 2 is 1.81 bits per heavy atom. The maximum atomic E-state index is 11.3. The summed E-state index contributed by atoms with van der Waals surface area (Å²) in [5.74, 6) is -3.90. The van der Waals surface area contributed by atoms with Crippen LogP contribution in [0.3, 0.4) is 0 Å². The molecule has 3 N–H and O–H groups in total. The van der Waals surface area contributed by atoms with Gasteiger partial charge in [0.05, 0.1) is 0 Å². The van der Waals surface area contributed by atoms with Crippen molar-refractivity contribution in [2.24, 2.45) is 5.92 Å². The fourth-order valence-corrected chi connectivity index (χ4v) is 1.59. The van der Waals surface area contributed by atoms with Crippen molar-refractivity contribution >= 4 is 29.6 Å². The number of hydrogen-bond acceptors (Lipinski definition) is 4. The minimum absolute atomic E-state index is 0.582. The van der Waals surface area contributed by atoms with Gasteiger partial charge in [0.2, 0.25) is 5.91 Å². The van der Waals surface area contributed by atoms with Gasteiger partial charge in [-0.2, -0.15) is 0 Å². The predicted molar refractivity (Wildman–Crippen MR) is 59.1 cm³/mol. The molecule has 0 aliphatic rings. The molecule has 0 aliphatic heterocycles. The van der Waals surface area contributed by atoms with E-state index in [9.17, 15) is 14.4 Å². The number of aliphatic carboxylic acids is 2. The molecule has 0 saturated heterocycles. The van der Waals surface area contributed by atoms with Crippen LogP contribution in [0.4, 0.5) is 0 Å². The van der Waals surface area contributed by atoms with E-state index in [4.69, 9.17) is 10.2 Å². The van der Waals surface area contributed by atoms with Gasteiger partial charge in [-0.1, -0.05) is 6.92 Å². The van der Waals surface area contributed by atoms with Crippen LogP contribution in [-0.2, 0) is 14.4 Å². The van der Waals surface area contributed by atoms with E-state index in [2.05, 4.69) is 5.32 Å². The van der Waals surface area contributed by atoms with Gasteiger partial charge >= 0.3 is 11.9 Å². The number of carbonyl (C=O) groups is 3. The van der Waals surface area contributed by atoms with Crippen molar-refractivity contribution in [2.45, 2.75) is 25.6 Å². The van der Waals surface area contributed by atoms with E-state index in [1.807, 2.05) is 6.92 Å². The lowest BCUT2D eigenvalue weighted by molar-refractivity contribution is -0.148. The molecule has 2 unspecified atom stereocenters. The van der Waals surface area contributed by atoms with Crippen molar-refractivity contribution in [3.8, 4) is 0 Å². The van der Waals surface area contributed by atoms with Gasteiger partial charge in [0.1, 0.15) is 5.92 Å². The quantitative estimate of drug-likeness (QED) is 0.445. The molecule has 1 amide bonds. The number of carboxylic acids is 2. The highest BCUT2D eigenvalue weighted by molar-refractivity contribution is 8.00. The molecule has 0 heterocycles. The Hall–Kier alpha value is -1.24. The van der Waals surface area contributed by atoms with Crippen LogP contribution >= 0.6 is 11.8 Å². The molecular weight excluding hydrogens is 234 g/mol. The van der Waals surface area contributed by atoms with Crippen LogP contribution in [0, 0.1) is 5.92 Å². The molecule has 7 heteroatoms. The molecular formula is C9H15NO5S. The third-order valence-corrected chi connectivity index (χ3v) is 3.05. The third-order valence-electron chi connectivity index (χ3n) is 1.75. The van der Waals surface area contributed by atoms with Gasteiger partial charge in [0.25, 0.3) is 0 Å². The summed E-state index contributed by atoms with van der Waals surface area (Å²) in [6.45, 7) is 3.09. The van der Waals surface area contributed by atoms with Crippen molar-refractivity contribution in [3.63, 3.8) is 0 Å². The first kappa shape index (κ1) is 14.8. The maximum absolute atomic E-state index is 11.3. The summed E-state index contributed by atoms with van der Waals surface area (Å²) in [6.07, 6.45) is 0.777. The molecule has 0 spiro atoms. The van der Waals surface area contributed by atoms with Gasteiger partial charge in [-0.05, 0) is 19.1 Å². The summed E-state index contributed by atoms with van der Waals surface area (Å²) in [4.78, 5) is 32.5. The molecule has 16 heavy (non-hydrogen) atoms. The number of thioether (sulfide) groups is 1. The smallest absolute Gasteiger partial charge is 0.336 e. The normalized spacial score (nSPS) is 13.9. The molecule has 0 rings (SSSR count). The van der Waals surface area contributed by atoms with Crippen LogP contribution in [0.2, 0.25) is 0 Å². The van der Waals surface area contributed by atoms with Crippen molar-refractivity contribution in [1.29, 1.82) is 0 Å². The van der Waals surface area contributed by atoms with Crippen LogP contribution in [0.15, 0.2) is 0 Å². The molecule has 92 valence electrons. The second-order valence-corrected chi connectivity index (χ2v) is 4.37. The Balaban J connectivity index is 4.34. The molecule has 0 fully saturated rings. The van der Waals surface area contributed by atoms with Crippen molar-refractivity contribution in [2.75, 3.05) is 5.75 Å². The molecule has 0 aromatic heterocycles. The monoisotopic (exact) mass is 249 g/mol. The zero-order valence-corrected chi connectivity index (χ0v) is 9.91. The first-order chi connectivity index (χ1) is 7.40. The number of hydrogen-bond donors (Lipinski definition) is 3. The highest BCUT2D eigenvalue weighted by Crippen LogP contribution is 2.10. The summed E-state index contributed by atoms with van der Waals surface area (Å²) in [6, 6.07) is 0. The largest absolute Gasteiger partial charge is 0.481 e. The Labute approximate surface area is 97.4 Å². The van der Waals surface area contributed by atoms with E-state index in [-0.39, 0.29) is 0 Å². The number of carbonyl (C=O) groups excluding carboxylic acids is 1. The second kappa shape index (κ2) is 7.10. The molecule has 2 atom stereocenters. The summed E-state index contributed by atoms with van der Waals surface area (Å²) >= 11 is 1.06. The average Bonchev–Trinajstić information content (AvgIpc) is 2.21. The summed E-state index contributed by atoms with van der Waals surface area (Å²) in [5, 5.41) is 18.4. The molecule has 0 saturated carbocycles. The number of carboxylic acid groups (broad SMARTS) is 2. The fraction of sp³-hybridized carbons (Fsp3) is 0.667. The number of nitrogens with one attached hydrogen (secondary N) is 1. The first-order valence-corrected chi connectivity index (χ1v) is 5.82. The summed E-state index contributed by atoms with van der Waals surface area (Å²) in [5.41, 5.74) is 0. The Morgan fingerprint density at radius 3 is 2.19 bits per heavy atom. The van der Waals surface area contributed by atoms with Gasteiger partial charge in [-0.25, -0.2) is 4.79 Å². The highest BCUT2D eigenvalue weighted by Gasteiger charge is 2.26. The Kier molecular flexibility index (Phi) is 6.55. The van der Waals surface area contributed by atoms with Crippen LogP contribution < -0.4 is 5.32 Å². The molecule has 6 nitrogen and oxygen atoms in total. The minimum atomic E-state index is -1.28. The van der Waals surface area contributed by atoms with Gasteiger partial charge in [-0.3, -0.25) is 9.59 Å². The second-order valence-electron chi connectivity index (χ2n) is 3.16. The molecule has 0 radical (unpaired) electrons. The topological polar surface area (TPSA) is 104 Å². The molecule has 0 aliphatic carbocycles. The van der Waals surface area contributed by atoms with Gasteiger partial charge in [0.15, 0.2) is 5.37 Å². The first-order valence-electron chi connectivity index (χ1n) is 4.77. The predicted octanol–water partition coefficient (Wildman–Crippen LogP) is 0.377. The summed E-state index contributed by atoms with van der Waals surface area (Å²) < 4.78 is 0. The van der Waals surface area contributed by atoms with E-state index in [0.29, 0.717) is 5.75 Å². The summed E-state index contributed by atoms with van der Waals surface area (Å²) in [7, 11) is 0. The van der Waals surface area contributed by atoms with Crippen molar-refractivity contribution < 1.29 is 24.6 Å². The lowest BCUT2D eigenvalue weighted by atomic mass is 10.2. The standard InChI is InChI=1S/C9H15NO5S/c1-3-4-16-7(9(14)15)10-6(11)5(2)8(12)13/h5,7H,3-4H2,1-2H3,(H,10,11)(H,12,13)(H,14,15). The zero-order chi connectivity index (χ0) is 12.7. The minimum Gasteiger partial charge on any atom is -0.481 e. The maximum Gasteiger partial charge on any atom is 0.336 e. The zero-order valence-electron chi connectivity index (χ0n) is 9.10. The average molecular weight is 249 g/mol.